The van der Waals surface area contributed by atoms with Gasteiger partial charge in [0.05, 0.1) is 35.5 Å². The average Bonchev–Trinajstić information content (AvgIpc) is 2.87. The number of nitrogens with zero attached hydrogens (tertiary/aromatic N) is 4. The number of rotatable bonds is 7. The van der Waals surface area contributed by atoms with Crippen molar-refractivity contribution in [2.24, 2.45) is 0 Å². The molecule has 1 aliphatic carbocycles. The Kier molecular flexibility index (Phi) is 7.35. The van der Waals surface area contributed by atoms with E-state index in [1.165, 1.54) is 12.4 Å². The normalized spacial score (nSPS) is 21.8. The van der Waals surface area contributed by atoms with Crippen LogP contribution >= 0.6 is 11.6 Å². The molecule has 1 saturated heterocycles. The van der Waals surface area contributed by atoms with E-state index in [4.69, 9.17) is 21.1 Å². The number of likely N-dealkylation sites (N-methyl/N-ethyl adjacent to an activating group) is 1. The molecule has 8 nitrogen and oxygen atoms in total. The highest BCUT2D eigenvalue weighted by Crippen LogP contribution is 2.38. The van der Waals surface area contributed by atoms with E-state index in [0.717, 1.165) is 38.6 Å². The molecule has 2 fully saturated rings. The lowest BCUT2D eigenvalue weighted by atomic mass is 9.87. The van der Waals surface area contributed by atoms with Crippen LogP contribution in [0.2, 0.25) is 5.02 Å². The number of fused-ring (bicyclic) bond motifs is 1. The summed E-state index contributed by atoms with van der Waals surface area (Å²) in [6.07, 6.45) is 6.09. The Bertz CT molecular complexity index is 1300. The van der Waals surface area contributed by atoms with E-state index >= 15 is 0 Å². The number of carbonyl (C=O) groups excluding carboxylic acids is 1. The summed E-state index contributed by atoms with van der Waals surface area (Å²) in [6.45, 7) is 0.974. The standard InChI is InChI=1S/C27H31ClFN5O3/c1-33(2)27(35)22-11-12-34(22)16-7-9-17(10-8-16)37-24-13-18-21(14-23(24)36-3)30-15-31-26(18)32-20-6-4-5-19(28)25(20)29/h4-6,13-17,22H,7-12H2,1-3H3,(H,30,31,32)/t16-,17-,22-/m1/s1. The molecule has 0 unspecified atom stereocenters. The van der Waals surface area contributed by atoms with Gasteiger partial charge in [0.25, 0.3) is 0 Å². The maximum absolute atomic E-state index is 14.5. The van der Waals surface area contributed by atoms with Crippen LogP contribution in [0.25, 0.3) is 10.9 Å². The first kappa shape index (κ1) is 25.5. The van der Waals surface area contributed by atoms with Gasteiger partial charge in [0.2, 0.25) is 5.91 Å². The fourth-order valence-electron chi connectivity index (χ4n) is 5.23. The summed E-state index contributed by atoms with van der Waals surface area (Å²) in [7, 11) is 5.23. The number of benzene rings is 2. The van der Waals surface area contributed by atoms with E-state index in [9.17, 15) is 9.18 Å². The largest absolute Gasteiger partial charge is 0.493 e. The summed E-state index contributed by atoms with van der Waals surface area (Å²) in [5.41, 5.74) is 0.864. The monoisotopic (exact) mass is 527 g/mol. The Morgan fingerprint density at radius 1 is 1.14 bits per heavy atom. The van der Waals surface area contributed by atoms with Gasteiger partial charge in [-0.25, -0.2) is 14.4 Å². The van der Waals surface area contributed by atoms with Crippen molar-refractivity contribution in [1.29, 1.82) is 0 Å². The number of ether oxygens (including phenoxy) is 2. The van der Waals surface area contributed by atoms with Crippen LogP contribution in [0.4, 0.5) is 15.9 Å². The van der Waals surface area contributed by atoms with Crippen molar-refractivity contribution in [3.63, 3.8) is 0 Å². The molecule has 2 aliphatic rings. The minimum atomic E-state index is -0.547. The van der Waals surface area contributed by atoms with Gasteiger partial charge in [0.1, 0.15) is 12.1 Å². The van der Waals surface area contributed by atoms with Crippen molar-refractivity contribution in [1.82, 2.24) is 19.8 Å². The number of likely N-dealkylation sites (tertiary alicyclic amines) is 1. The van der Waals surface area contributed by atoms with Crippen LogP contribution in [0.15, 0.2) is 36.7 Å². The molecule has 0 spiro atoms. The fourth-order valence-corrected chi connectivity index (χ4v) is 5.40. The Morgan fingerprint density at radius 2 is 1.92 bits per heavy atom. The van der Waals surface area contributed by atoms with Crippen LogP contribution in [-0.4, -0.2) is 71.6 Å². The molecular weight excluding hydrogens is 497 g/mol. The third-order valence-electron chi connectivity index (χ3n) is 7.32. The number of hydrogen-bond donors (Lipinski definition) is 1. The number of methoxy groups -OCH3 is 1. The van der Waals surface area contributed by atoms with Crippen LogP contribution in [-0.2, 0) is 4.79 Å². The second kappa shape index (κ2) is 10.7. The summed E-state index contributed by atoms with van der Waals surface area (Å²) in [4.78, 5) is 25.2. The van der Waals surface area contributed by atoms with Gasteiger partial charge in [0, 0.05) is 38.1 Å². The lowest BCUT2D eigenvalue weighted by molar-refractivity contribution is -0.141. The van der Waals surface area contributed by atoms with Crippen molar-refractivity contribution in [3.05, 3.63) is 47.5 Å². The zero-order valence-electron chi connectivity index (χ0n) is 21.2. The van der Waals surface area contributed by atoms with Crippen LogP contribution in [0.1, 0.15) is 32.1 Å². The molecule has 10 heteroatoms. The van der Waals surface area contributed by atoms with Crippen LogP contribution < -0.4 is 14.8 Å². The molecule has 3 aromatic rings. The SMILES string of the molecule is COc1cc2ncnc(Nc3cccc(Cl)c3F)c2cc1O[C@H]1CC[C@H](N2CC[C@@H]2C(=O)N(C)C)CC1. The number of amides is 1. The first-order valence-electron chi connectivity index (χ1n) is 12.5. The highest BCUT2D eigenvalue weighted by molar-refractivity contribution is 6.31. The topological polar surface area (TPSA) is 79.8 Å². The summed E-state index contributed by atoms with van der Waals surface area (Å²) >= 11 is 5.95. The van der Waals surface area contributed by atoms with E-state index in [0.29, 0.717) is 34.3 Å². The van der Waals surface area contributed by atoms with Gasteiger partial charge in [-0.1, -0.05) is 17.7 Å². The Hall–Kier alpha value is -3.17. The number of halogens is 2. The van der Waals surface area contributed by atoms with E-state index in [-0.39, 0.29) is 28.8 Å². The van der Waals surface area contributed by atoms with Crippen molar-refractivity contribution in [2.45, 2.75) is 50.3 Å². The van der Waals surface area contributed by atoms with E-state index in [1.54, 1.807) is 30.2 Å². The molecule has 1 N–H and O–H groups in total. The van der Waals surface area contributed by atoms with E-state index < -0.39 is 5.82 Å². The van der Waals surface area contributed by atoms with Gasteiger partial charge in [-0.3, -0.25) is 9.69 Å². The van der Waals surface area contributed by atoms with Gasteiger partial charge in [-0.2, -0.15) is 0 Å². The zero-order valence-corrected chi connectivity index (χ0v) is 22.0. The molecule has 1 aliphatic heterocycles. The fraction of sp³-hybridized carbons (Fsp3) is 0.444. The van der Waals surface area contributed by atoms with E-state index in [1.807, 2.05) is 20.2 Å². The molecule has 1 saturated carbocycles. The number of carbonyl (C=O) groups is 1. The van der Waals surface area contributed by atoms with Gasteiger partial charge < -0.3 is 19.7 Å². The number of nitrogens with one attached hydrogen (secondary N) is 1. The lowest BCUT2D eigenvalue weighted by Gasteiger charge is -2.47. The summed E-state index contributed by atoms with van der Waals surface area (Å²) in [6, 6.07) is 8.81. The van der Waals surface area contributed by atoms with Crippen LogP contribution in [0, 0.1) is 5.82 Å². The first-order chi connectivity index (χ1) is 17.9. The summed E-state index contributed by atoms with van der Waals surface area (Å²) in [5.74, 6) is 1.25. The Labute approximate surface area is 220 Å². The van der Waals surface area contributed by atoms with Gasteiger partial charge in [0.15, 0.2) is 17.3 Å². The first-order valence-corrected chi connectivity index (χ1v) is 12.9. The van der Waals surface area contributed by atoms with Crippen molar-refractivity contribution in [2.75, 3.05) is 33.1 Å². The number of aromatic nitrogens is 2. The van der Waals surface area contributed by atoms with Crippen molar-refractivity contribution < 1.29 is 18.7 Å². The second-order valence-corrected chi connectivity index (χ2v) is 10.2. The number of anilines is 2. The molecule has 1 amide bonds. The zero-order chi connectivity index (χ0) is 26.1. The average molecular weight is 528 g/mol. The third kappa shape index (κ3) is 5.15. The van der Waals surface area contributed by atoms with Crippen molar-refractivity contribution >= 4 is 39.9 Å². The molecule has 2 heterocycles. The minimum absolute atomic E-state index is 0.00769. The molecule has 2 aromatic carbocycles. The highest BCUT2D eigenvalue weighted by atomic mass is 35.5. The Balaban J connectivity index is 1.32. The molecule has 37 heavy (non-hydrogen) atoms. The molecule has 196 valence electrons. The highest BCUT2D eigenvalue weighted by Gasteiger charge is 2.40. The van der Waals surface area contributed by atoms with Gasteiger partial charge >= 0.3 is 0 Å². The molecule has 1 aromatic heterocycles. The second-order valence-electron chi connectivity index (χ2n) is 9.79. The number of hydrogen-bond acceptors (Lipinski definition) is 7. The smallest absolute Gasteiger partial charge is 0.239 e. The molecule has 5 rings (SSSR count). The van der Waals surface area contributed by atoms with Crippen LogP contribution in [0.5, 0.6) is 11.5 Å². The predicted molar refractivity (Wildman–Crippen MR) is 141 cm³/mol. The molecule has 0 bridgehead atoms. The third-order valence-corrected chi connectivity index (χ3v) is 7.61. The van der Waals surface area contributed by atoms with Gasteiger partial charge in [-0.05, 0) is 50.3 Å². The predicted octanol–water partition coefficient (Wildman–Crippen LogP) is 5.03. The molecule has 1 atom stereocenters. The lowest BCUT2D eigenvalue weighted by Crippen LogP contribution is -2.60. The molecule has 0 radical (unpaired) electrons. The Morgan fingerprint density at radius 3 is 2.59 bits per heavy atom. The quantitative estimate of drug-likeness (QED) is 0.462. The minimum Gasteiger partial charge on any atom is -0.493 e. The van der Waals surface area contributed by atoms with Gasteiger partial charge in [-0.15, -0.1) is 0 Å². The van der Waals surface area contributed by atoms with E-state index in [2.05, 4.69) is 20.2 Å². The summed E-state index contributed by atoms with van der Waals surface area (Å²) in [5, 5.41) is 3.74. The maximum atomic E-state index is 14.5. The summed E-state index contributed by atoms with van der Waals surface area (Å²) < 4.78 is 26.5. The maximum Gasteiger partial charge on any atom is 0.239 e. The molecular formula is C27H31ClFN5O3. The van der Waals surface area contributed by atoms with Crippen LogP contribution in [0.3, 0.4) is 0 Å². The van der Waals surface area contributed by atoms with Crippen molar-refractivity contribution in [3.8, 4) is 11.5 Å².